The Morgan fingerprint density at radius 3 is 2.52 bits per heavy atom. The minimum absolute atomic E-state index is 0.0215. The van der Waals surface area contributed by atoms with Crippen LogP contribution in [0.1, 0.15) is 18.5 Å². The van der Waals surface area contributed by atoms with Crippen LogP contribution < -0.4 is 5.32 Å². The van der Waals surface area contributed by atoms with Crippen molar-refractivity contribution in [1.82, 2.24) is 15.2 Å². The van der Waals surface area contributed by atoms with Crippen molar-refractivity contribution in [3.63, 3.8) is 0 Å². The van der Waals surface area contributed by atoms with Gasteiger partial charge in [0.15, 0.2) is 0 Å². The maximum absolute atomic E-state index is 5.95. The molecule has 1 fully saturated rings. The smallest absolute Gasteiger partial charge is 0.123 e. The Hall–Kier alpha value is -0.940. The summed E-state index contributed by atoms with van der Waals surface area (Å²) < 4.78 is 0. The van der Waals surface area contributed by atoms with Gasteiger partial charge in [-0.05, 0) is 52.2 Å². The number of nitrogens with one attached hydrogen (secondary N) is 1. The predicted octanol–water partition coefficient (Wildman–Crippen LogP) is 3.60. The molecule has 1 saturated heterocycles. The van der Waals surface area contributed by atoms with E-state index in [1.54, 1.807) is 11.3 Å². The zero-order valence-corrected chi connectivity index (χ0v) is 14.0. The summed E-state index contributed by atoms with van der Waals surface area (Å²) in [5.41, 5.74) is 2.33. The highest BCUT2D eigenvalue weighted by Gasteiger charge is 2.35. The van der Waals surface area contributed by atoms with Crippen molar-refractivity contribution in [1.29, 1.82) is 0 Å². The Balaban J connectivity index is 1.88. The van der Waals surface area contributed by atoms with Crippen LogP contribution in [0.4, 0.5) is 0 Å². The summed E-state index contributed by atoms with van der Waals surface area (Å²) in [7, 11) is 4.23. The standard InChI is InChI=1S/C16H20ClN3S/c1-18-16(7-9-20(2)10-8-16)14-11-21-15(19-14)12-3-5-13(17)6-4-12/h3-6,11,18H,7-10H2,1-2H3. The average Bonchev–Trinajstić information content (AvgIpc) is 3.00. The van der Waals surface area contributed by atoms with Gasteiger partial charge in [-0.15, -0.1) is 11.3 Å². The normalized spacial score (nSPS) is 18.8. The van der Waals surface area contributed by atoms with Crippen LogP contribution in [-0.2, 0) is 5.54 Å². The number of thiazole rings is 1. The van der Waals surface area contributed by atoms with Crippen LogP contribution in [-0.4, -0.2) is 37.1 Å². The van der Waals surface area contributed by atoms with Gasteiger partial charge in [0.2, 0.25) is 0 Å². The summed E-state index contributed by atoms with van der Waals surface area (Å²) in [6.45, 7) is 2.21. The number of hydrogen-bond acceptors (Lipinski definition) is 4. The van der Waals surface area contributed by atoms with Gasteiger partial charge < -0.3 is 10.2 Å². The molecule has 2 heterocycles. The number of halogens is 1. The van der Waals surface area contributed by atoms with Gasteiger partial charge in [0.05, 0.1) is 11.2 Å². The Labute approximate surface area is 135 Å². The molecule has 0 radical (unpaired) electrons. The number of nitrogens with zero attached hydrogens (tertiary/aromatic N) is 2. The van der Waals surface area contributed by atoms with Crippen LogP contribution in [0.3, 0.4) is 0 Å². The van der Waals surface area contributed by atoms with Crippen molar-refractivity contribution < 1.29 is 0 Å². The first-order chi connectivity index (χ1) is 10.1. The van der Waals surface area contributed by atoms with Crippen molar-refractivity contribution in [2.75, 3.05) is 27.2 Å². The molecule has 0 atom stereocenters. The molecule has 0 aliphatic carbocycles. The van der Waals surface area contributed by atoms with E-state index in [2.05, 4.69) is 22.6 Å². The van der Waals surface area contributed by atoms with E-state index in [1.165, 1.54) is 5.69 Å². The van der Waals surface area contributed by atoms with E-state index in [-0.39, 0.29) is 5.54 Å². The fraction of sp³-hybridized carbons (Fsp3) is 0.438. The third kappa shape index (κ3) is 2.99. The Bertz CT molecular complexity index is 600. The summed E-state index contributed by atoms with van der Waals surface area (Å²) in [4.78, 5) is 7.27. The van der Waals surface area contributed by atoms with Crippen LogP contribution in [0.5, 0.6) is 0 Å². The monoisotopic (exact) mass is 321 g/mol. The van der Waals surface area contributed by atoms with Gasteiger partial charge in [-0.2, -0.15) is 0 Å². The Morgan fingerprint density at radius 1 is 1.24 bits per heavy atom. The molecular weight excluding hydrogens is 302 g/mol. The lowest BCUT2D eigenvalue weighted by atomic mass is 9.85. The lowest BCUT2D eigenvalue weighted by Gasteiger charge is -2.39. The van der Waals surface area contributed by atoms with E-state index in [1.807, 2.05) is 31.3 Å². The number of hydrogen-bond donors (Lipinski definition) is 1. The molecule has 112 valence electrons. The quantitative estimate of drug-likeness (QED) is 0.936. The molecule has 2 aromatic rings. The molecule has 1 aromatic heterocycles. The molecule has 3 rings (SSSR count). The fourth-order valence-corrected chi connectivity index (χ4v) is 3.90. The molecule has 0 saturated carbocycles. The molecular formula is C16H20ClN3S. The summed E-state index contributed by atoms with van der Waals surface area (Å²) in [5.74, 6) is 0. The third-order valence-corrected chi connectivity index (χ3v) is 5.55. The summed E-state index contributed by atoms with van der Waals surface area (Å²) in [6, 6.07) is 7.90. The molecule has 1 aliphatic rings. The molecule has 3 nitrogen and oxygen atoms in total. The molecule has 1 N–H and O–H groups in total. The van der Waals surface area contributed by atoms with E-state index >= 15 is 0 Å². The van der Waals surface area contributed by atoms with Crippen molar-refractivity contribution in [3.05, 3.63) is 40.4 Å². The lowest BCUT2D eigenvalue weighted by molar-refractivity contribution is 0.161. The summed E-state index contributed by atoms with van der Waals surface area (Å²) in [6.07, 6.45) is 2.20. The van der Waals surface area contributed by atoms with Crippen LogP contribution in [0, 0.1) is 0 Å². The lowest BCUT2D eigenvalue weighted by Crippen LogP contribution is -2.49. The molecule has 5 heteroatoms. The van der Waals surface area contributed by atoms with Crippen molar-refractivity contribution >= 4 is 22.9 Å². The number of benzene rings is 1. The SMILES string of the molecule is CNC1(c2csc(-c3ccc(Cl)cc3)n2)CCN(C)CC1. The second-order valence-electron chi connectivity index (χ2n) is 5.68. The topological polar surface area (TPSA) is 28.2 Å². The van der Waals surface area contributed by atoms with E-state index in [0.717, 1.165) is 41.5 Å². The summed E-state index contributed by atoms with van der Waals surface area (Å²) >= 11 is 7.66. The van der Waals surface area contributed by atoms with Crippen molar-refractivity contribution in [3.8, 4) is 10.6 Å². The van der Waals surface area contributed by atoms with Crippen LogP contribution in [0.2, 0.25) is 5.02 Å². The largest absolute Gasteiger partial charge is 0.309 e. The van der Waals surface area contributed by atoms with Gasteiger partial charge in [-0.25, -0.2) is 4.98 Å². The minimum Gasteiger partial charge on any atom is -0.309 e. The average molecular weight is 322 g/mol. The number of rotatable bonds is 3. The van der Waals surface area contributed by atoms with E-state index < -0.39 is 0 Å². The Morgan fingerprint density at radius 2 is 1.90 bits per heavy atom. The minimum atomic E-state index is 0.0215. The van der Waals surface area contributed by atoms with E-state index in [4.69, 9.17) is 16.6 Å². The maximum atomic E-state index is 5.95. The first-order valence-electron chi connectivity index (χ1n) is 7.22. The maximum Gasteiger partial charge on any atom is 0.123 e. The summed E-state index contributed by atoms with van der Waals surface area (Å²) in [5, 5.41) is 7.55. The second kappa shape index (κ2) is 6.05. The molecule has 0 unspecified atom stereocenters. The van der Waals surface area contributed by atoms with Gasteiger partial charge in [0.25, 0.3) is 0 Å². The van der Waals surface area contributed by atoms with Crippen molar-refractivity contribution in [2.45, 2.75) is 18.4 Å². The van der Waals surface area contributed by atoms with Crippen LogP contribution >= 0.6 is 22.9 Å². The molecule has 1 aromatic carbocycles. The van der Waals surface area contributed by atoms with Crippen molar-refractivity contribution in [2.24, 2.45) is 0 Å². The first-order valence-corrected chi connectivity index (χ1v) is 8.48. The molecule has 21 heavy (non-hydrogen) atoms. The third-order valence-electron chi connectivity index (χ3n) is 4.40. The highest BCUT2D eigenvalue weighted by Crippen LogP contribution is 2.35. The fourth-order valence-electron chi connectivity index (χ4n) is 2.85. The number of piperidine rings is 1. The van der Waals surface area contributed by atoms with Gasteiger partial charge in [-0.1, -0.05) is 23.7 Å². The first kappa shape index (κ1) is 15.0. The number of aromatic nitrogens is 1. The van der Waals surface area contributed by atoms with Crippen LogP contribution in [0.15, 0.2) is 29.6 Å². The second-order valence-corrected chi connectivity index (χ2v) is 6.97. The van der Waals surface area contributed by atoms with Gasteiger partial charge >= 0.3 is 0 Å². The number of likely N-dealkylation sites (tertiary alicyclic amines) is 1. The van der Waals surface area contributed by atoms with Gasteiger partial charge in [0, 0.05) is 16.0 Å². The molecule has 1 aliphatic heterocycles. The molecule has 0 amide bonds. The highest BCUT2D eigenvalue weighted by atomic mass is 35.5. The highest BCUT2D eigenvalue weighted by molar-refractivity contribution is 7.13. The van der Waals surface area contributed by atoms with Gasteiger partial charge in [-0.3, -0.25) is 0 Å². The zero-order chi connectivity index (χ0) is 14.9. The predicted molar refractivity (Wildman–Crippen MR) is 90.0 cm³/mol. The van der Waals surface area contributed by atoms with E-state index in [9.17, 15) is 0 Å². The van der Waals surface area contributed by atoms with E-state index in [0.29, 0.717) is 0 Å². The van der Waals surface area contributed by atoms with Crippen LogP contribution in [0.25, 0.3) is 10.6 Å². The Kier molecular flexibility index (Phi) is 4.31. The zero-order valence-electron chi connectivity index (χ0n) is 12.4. The molecule has 0 bridgehead atoms. The molecule has 0 spiro atoms. The van der Waals surface area contributed by atoms with Gasteiger partial charge in [0.1, 0.15) is 5.01 Å².